The van der Waals surface area contributed by atoms with Crippen LogP contribution in [0.1, 0.15) is 17.0 Å². The Morgan fingerprint density at radius 3 is 3.04 bits per heavy atom. The molecular formula is C18H17N3O3. The van der Waals surface area contributed by atoms with Crippen LogP contribution in [-0.4, -0.2) is 28.4 Å². The van der Waals surface area contributed by atoms with Crippen LogP contribution in [0.5, 0.6) is 11.5 Å². The van der Waals surface area contributed by atoms with Crippen molar-refractivity contribution in [1.82, 2.24) is 15.1 Å². The Morgan fingerprint density at radius 1 is 1.17 bits per heavy atom. The maximum atomic E-state index is 5.49. The van der Waals surface area contributed by atoms with Crippen molar-refractivity contribution in [3.05, 3.63) is 53.6 Å². The first kappa shape index (κ1) is 13.7. The summed E-state index contributed by atoms with van der Waals surface area (Å²) in [7, 11) is 0. The van der Waals surface area contributed by atoms with Crippen LogP contribution in [0.2, 0.25) is 0 Å². The molecule has 4 heterocycles. The van der Waals surface area contributed by atoms with E-state index in [0.717, 1.165) is 54.6 Å². The van der Waals surface area contributed by atoms with E-state index in [2.05, 4.69) is 15.1 Å². The molecule has 5 rings (SSSR count). The van der Waals surface area contributed by atoms with Crippen molar-refractivity contribution in [2.45, 2.75) is 19.5 Å². The molecular weight excluding hydrogens is 306 g/mol. The number of H-pyrrole nitrogens is 1. The normalized spacial score (nSPS) is 16.3. The molecule has 1 aromatic carbocycles. The number of benzene rings is 1. The SMILES string of the molecule is c1coc(CN2CCc3[nH]nc(-c4ccc5c(c4)OCO5)c3C2)c1. The fraction of sp³-hybridized carbons (Fsp3) is 0.278. The molecule has 0 saturated carbocycles. The molecule has 0 unspecified atom stereocenters. The van der Waals surface area contributed by atoms with Crippen LogP contribution in [0.15, 0.2) is 41.0 Å². The van der Waals surface area contributed by atoms with Crippen molar-refractivity contribution < 1.29 is 13.9 Å². The lowest BCUT2D eigenvalue weighted by molar-refractivity contribution is 0.174. The number of nitrogens with zero attached hydrogens (tertiary/aromatic N) is 2. The summed E-state index contributed by atoms with van der Waals surface area (Å²) in [6.45, 7) is 2.96. The number of aromatic nitrogens is 2. The molecule has 1 N–H and O–H groups in total. The molecule has 122 valence electrons. The standard InChI is InChI=1S/C18H17N3O3/c1-2-13(22-7-1)9-21-6-5-15-14(10-21)18(20-19-15)12-3-4-16-17(8-12)24-11-23-16/h1-4,7-8H,5-6,9-11H2,(H,19,20). The van der Waals surface area contributed by atoms with E-state index >= 15 is 0 Å². The highest BCUT2D eigenvalue weighted by Gasteiger charge is 2.24. The van der Waals surface area contributed by atoms with E-state index < -0.39 is 0 Å². The highest BCUT2D eigenvalue weighted by Crippen LogP contribution is 2.37. The number of nitrogens with one attached hydrogen (secondary N) is 1. The van der Waals surface area contributed by atoms with Crippen LogP contribution >= 0.6 is 0 Å². The van der Waals surface area contributed by atoms with E-state index in [-0.39, 0.29) is 6.79 Å². The maximum Gasteiger partial charge on any atom is 0.231 e. The summed E-state index contributed by atoms with van der Waals surface area (Å²) in [5, 5.41) is 7.75. The zero-order valence-electron chi connectivity index (χ0n) is 13.1. The molecule has 0 atom stereocenters. The zero-order valence-corrected chi connectivity index (χ0v) is 13.1. The van der Waals surface area contributed by atoms with Gasteiger partial charge >= 0.3 is 0 Å². The summed E-state index contributed by atoms with van der Waals surface area (Å²) in [6, 6.07) is 9.94. The highest BCUT2D eigenvalue weighted by atomic mass is 16.7. The van der Waals surface area contributed by atoms with Crippen molar-refractivity contribution in [3.8, 4) is 22.8 Å². The van der Waals surface area contributed by atoms with Gasteiger partial charge in [0.1, 0.15) is 5.76 Å². The second-order valence-electron chi connectivity index (χ2n) is 6.14. The quantitative estimate of drug-likeness (QED) is 0.803. The van der Waals surface area contributed by atoms with Gasteiger partial charge in [0.2, 0.25) is 6.79 Å². The molecule has 2 aliphatic rings. The summed E-state index contributed by atoms with van der Waals surface area (Å²) in [6.07, 6.45) is 2.69. The van der Waals surface area contributed by atoms with E-state index in [0.29, 0.717) is 0 Å². The number of hydrogen-bond donors (Lipinski definition) is 1. The highest BCUT2D eigenvalue weighted by molar-refractivity contribution is 5.68. The third-order valence-electron chi connectivity index (χ3n) is 4.62. The number of rotatable bonds is 3. The summed E-state index contributed by atoms with van der Waals surface area (Å²) in [4.78, 5) is 2.38. The van der Waals surface area contributed by atoms with Gasteiger partial charge in [-0.05, 0) is 30.3 Å². The van der Waals surface area contributed by atoms with Gasteiger partial charge in [-0.25, -0.2) is 0 Å². The Labute approximate surface area is 139 Å². The first-order chi connectivity index (χ1) is 11.9. The number of hydrogen-bond acceptors (Lipinski definition) is 5. The third-order valence-corrected chi connectivity index (χ3v) is 4.62. The van der Waals surface area contributed by atoms with Crippen LogP contribution < -0.4 is 9.47 Å². The first-order valence-corrected chi connectivity index (χ1v) is 8.08. The van der Waals surface area contributed by atoms with Crippen molar-refractivity contribution in [3.63, 3.8) is 0 Å². The largest absolute Gasteiger partial charge is 0.468 e. The predicted molar refractivity (Wildman–Crippen MR) is 86.7 cm³/mol. The fourth-order valence-electron chi connectivity index (χ4n) is 3.39. The summed E-state index contributed by atoms with van der Waals surface area (Å²) >= 11 is 0. The van der Waals surface area contributed by atoms with E-state index in [9.17, 15) is 0 Å². The van der Waals surface area contributed by atoms with Gasteiger partial charge in [-0.15, -0.1) is 0 Å². The summed E-state index contributed by atoms with van der Waals surface area (Å²) in [5.74, 6) is 2.57. The Hall–Kier alpha value is -2.73. The second-order valence-corrected chi connectivity index (χ2v) is 6.14. The smallest absolute Gasteiger partial charge is 0.231 e. The minimum atomic E-state index is 0.286. The molecule has 0 saturated heterocycles. The third kappa shape index (κ3) is 2.27. The van der Waals surface area contributed by atoms with Crippen molar-refractivity contribution in [1.29, 1.82) is 0 Å². The topological polar surface area (TPSA) is 63.5 Å². The zero-order chi connectivity index (χ0) is 15.9. The molecule has 6 nitrogen and oxygen atoms in total. The van der Waals surface area contributed by atoms with E-state index in [1.165, 1.54) is 11.3 Å². The number of fused-ring (bicyclic) bond motifs is 2. The number of aromatic amines is 1. The predicted octanol–water partition coefficient (Wildman–Crippen LogP) is 2.96. The van der Waals surface area contributed by atoms with Gasteiger partial charge in [0, 0.05) is 36.3 Å². The molecule has 6 heteroatoms. The van der Waals surface area contributed by atoms with Crippen LogP contribution in [0, 0.1) is 0 Å². The Bertz CT molecular complexity index is 870. The molecule has 2 aliphatic heterocycles. The monoisotopic (exact) mass is 323 g/mol. The maximum absolute atomic E-state index is 5.49. The van der Waals surface area contributed by atoms with Crippen molar-refractivity contribution in [2.75, 3.05) is 13.3 Å². The van der Waals surface area contributed by atoms with Crippen molar-refractivity contribution in [2.24, 2.45) is 0 Å². The lowest BCUT2D eigenvalue weighted by Crippen LogP contribution is -2.29. The molecule has 0 bridgehead atoms. The van der Waals surface area contributed by atoms with Crippen molar-refractivity contribution >= 4 is 0 Å². The second kappa shape index (κ2) is 5.42. The molecule has 0 fully saturated rings. The van der Waals surface area contributed by atoms with Gasteiger partial charge in [-0.2, -0.15) is 5.10 Å². The molecule has 0 amide bonds. The van der Waals surface area contributed by atoms with E-state index in [1.54, 1.807) is 6.26 Å². The minimum absolute atomic E-state index is 0.286. The van der Waals surface area contributed by atoms with Crippen LogP contribution in [0.25, 0.3) is 11.3 Å². The average Bonchev–Trinajstić information content (AvgIpc) is 3.34. The number of furan rings is 1. The van der Waals surface area contributed by atoms with E-state index in [1.807, 2.05) is 30.3 Å². The molecule has 0 aliphatic carbocycles. The van der Waals surface area contributed by atoms with Crippen LogP contribution in [0.4, 0.5) is 0 Å². The summed E-state index contributed by atoms with van der Waals surface area (Å²) < 4.78 is 16.4. The molecule has 3 aromatic rings. The molecule has 0 radical (unpaired) electrons. The molecule has 0 spiro atoms. The van der Waals surface area contributed by atoms with Gasteiger partial charge in [-0.1, -0.05) is 0 Å². The Balaban J connectivity index is 1.44. The Morgan fingerprint density at radius 2 is 2.12 bits per heavy atom. The van der Waals surface area contributed by atoms with Gasteiger partial charge in [0.15, 0.2) is 11.5 Å². The Kier molecular flexibility index (Phi) is 3.09. The average molecular weight is 323 g/mol. The van der Waals surface area contributed by atoms with Gasteiger partial charge < -0.3 is 13.9 Å². The number of ether oxygens (including phenoxy) is 2. The summed E-state index contributed by atoms with van der Waals surface area (Å²) in [5.41, 5.74) is 4.52. The minimum Gasteiger partial charge on any atom is -0.468 e. The van der Waals surface area contributed by atoms with E-state index in [4.69, 9.17) is 13.9 Å². The molecule has 24 heavy (non-hydrogen) atoms. The lowest BCUT2D eigenvalue weighted by Gasteiger charge is -2.26. The van der Waals surface area contributed by atoms with Gasteiger partial charge in [-0.3, -0.25) is 10.00 Å². The van der Waals surface area contributed by atoms with Crippen LogP contribution in [0.3, 0.4) is 0 Å². The van der Waals surface area contributed by atoms with Gasteiger partial charge in [0.25, 0.3) is 0 Å². The molecule has 2 aromatic heterocycles. The van der Waals surface area contributed by atoms with Crippen LogP contribution in [-0.2, 0) is 19.5 Å². The first-order valence-electron chi connectivity index (χ1n) is 8.08. The fourth-order valence-corrected chi connectivity index (χ4v) is 3.39. The van der Waals surface area contributed by atoms with Gasteiger partial charge in [0.05, 0.1) is 18.5 Å². The lowest BCUT2D eigenvalue weighted by atomic mass is 10.0.